The maximum Gasteiger partial charge on any atom is 0.203 e. The average Bonchev–Trinajstić information content (AvgIpc) is 2.66. The minimum atomic E-state index is 0.316. The van der Waals surface area contributed by atoms with Crippen molar-refractivity contribution in [1.82, 2.24) is 9.55 Å². The lowest BCUT2D eigenvalue weighted by atomic mass is 10.1. The van der Waals surface area contributed by atoms with Gasteiger partial charge in [0.2, 0.25) is 5.95 Å². The van der Waals surface area contributed by atoms with E-state index < -0.39 is 0 Å². The molecule has 0 aliphatic heterocycles. The van der Waals surface area contributed by atoms with Crippen molar-refractivity contribution in [2.45, 2.75) is 26.3 Å². The number of nitrogens with one attached hydrogen (secondary N) is 1. The Kier molecular flexibility index (Phi) is 3.47. The Bertz CT molecular complexity index is 473. The first-order chi connectivity index (χ1) is 8.20. The molecule has 0 amide bonds. The van der Waals surface area contributed by atoms with Gasteiger partial charge in [0.25, 0.3) is 0 Å². The van der Waals surface area contributed by atoms with Gasteiger partial charge in [-0.25, -0.2) is 4.98 Å². The topological polar surface area (TPSA) is 29.9 Å². The van der Waals surface area contributed by atoms with Crippen LogP contribution in [0.2, 0.25) is 0 Å². The van der Waals surface area contributed by atoms with Gasteiger partial charge in [-0.05, 0) is 18.9 Å². The molecule has 1 aromatic heterocycles. The molecule has 0 fully saturated rings. The van der Waals surface area contributed by atoms with Crippen molar-refractivity contribution >= 4 is 5.95 Å². The summed E-state index contributed by atoms with van der Waals surface area (Å²) < 4.78 is 2.03. The smallest absolute Gasteiger partial charge is 0.203 e. The lowest BCUT2D eigenvalue weighted by Gasteiger charge is -2.17. The summed E-state index contributed by atoms with van der Waals surface area (Å²) in [5.41, 5.74) is 2.34. The van der Waals surface area contributed by atoms with Crippen LogP contribution >= 0.6 is 0 Å². The third-order valence-corrected chi connectivity index (χ3v) is 2.91. The predicted octanol–water partition coefficient (Wildman–Crippen LogP) is 3.29. The third kappa shape index (κ3) is 2.67. The highest BCUT2D eigenvalue weighted by Gasteiger charge is 2.11. The molecule has 2 aromatic rings. The van der Waals surface area contributed by atoms with Gasteiger partial charge in [0.05, 0.1) is 11.7 Å². The van der Waals surface area contributed by atoms with E-state index >= 15 is 0 Å². The van der Waals surface area contributed by atoms with Gasteiger partial charge in [-0.3, -0.25) is 0 Å². The zero-order valence-corrected chi connectivity index (χ0v) is 10.6. The molecule has 1 heterocycles. The van der Waals surface area contributed by atoms with Crippen LogP contribution in [0.4, 0.5) is 5.95 Å². The first kappa shape index (κ1) is 11.7. The summed E-state index contributed by atoms with van der Waals surface area (Å²) in [5, 5.41) is 3.49. The van der Waals surface area contributed by atoms with Gasteiger partial charge in [0.15, 0.2) is 0 Å². The van der Waals surface area contributed by atoms with E-state index in [1.807, 2.05) is 30.8 Å². The minimum absolute atomic E-state index is 0.316. The van der Waals surface area contributed by atoms with E-state index in [-0.39, 0.29) is 0 Å². The van der Waals surface area contributed by atoms with Crippen LogP contribution in [0.3, 0.4) is 0 Å². The fourth-order valence-electron chi connectivity index (χ4n) is 2.01. The van der Waals surface area contributed by atoms with Crippen LogP contribution in [-0.4, -0.2) is 9.55 Å². The van der Waals surface area contributed by atoms with Crippen molar-refractivity contribution in [2.24, 2.45) is 7.05 Å². The van der Waals surface area contributed by atoms with Crippen LogP contribution in [-0.2, 0) is 7.05 Å². The molecule has 1 N–H and O–H groups in total. The van der Waals surface area contributed by atoms with Gasteiger partial charge in [0, 0.05) is 13.2 Å². The standard InChI is InChI=1S/C14H19N3/c1-4-13(12-8-6-5-7-9-12)16-14-15-11(2)10-17(14)3/h5-10,13H,4H2,1-3H3,(H,15,16). The third-order valence-electron chi connectivity index (χ3n) is 2.91. The van der Waals surface area contributed by atoms with Gasteiger partial charge in [-0.15, -0.1) is 0 Å². The molecule has 3 heteroatoms. The van der Waals surface area contributed by atoms with Gasteiger partial charge < -0.3 is 9.88 Å². The summed E-state index contributed by atoms with van der Waals surface area (Å²) in [6.45, 7) is 4.19. The highest BCUT2D eigenvalue weighted by atomic mass is 15.2. The Hall–Kier alpha value is -1.77. The fourth-order valence-corrected chi connectivity index (χ4v) is 2.01. The number of aromatic nitrogens is 2. The van der Waals surface area contributed by atoms with E-state index in [1.165, 1.54) is 5.56 Å². The molecule has 1 atom stereocenters. The number of imidazole rings is 1. The molecule has 0 aliphatic rings. The first-order valence-corrected chi connectivity index (χ1v) is 6.02. The molecule has 0 saturated carbocycles. The predicted molar refractivity (Wildman–Crippen MR) is 71.0 cm³/mol. The molecule has 0 bridgehead atoms. The summed E-state index contributed by atoms with van der Waals surface area (Å²) in [5.74, 6) is 0.929. The molecule has 2 rings (SSSR count). The SMILES string of the molecule is CCC(Nc1nc(C)cn1C)c1ccccc1. The number of anilines is 1. The van der Waals surface area contributed by atoms with Crippen molar-refractivity contribution < 1.29 is 0 Å². The molecule has 3 nitrogen and oxygen atoms in total. The van der Waals surface area contributed by atoms with Crippen LogP contribution in [0.25, 0.3) is 0 Å². The van der Waals surface area contributed by atoms with E-state index in [0.717, 1.165) is 18.1 Å². The lowest BCUT2D eigenvalue weighted by molar-refractivity contribution is 0.727. The zero-order valence-electron chi connectivity index (χ0n) is 10.6. The summed E-state index contributed by atoms with van der Waals surface area (Å²) >= 11 is 0. The molecule has 0 aliphatic carbocycles. The number of hydrogen-bond acceptors (Lipinski definition) is 2. The number of aryl methyl sites for hydroxylation is 2. The summed E-state index contributed by atoms with van der Waals surface area (Å²) in [6, 6.07) is 10.8. The Balaban J connectivity index is 2.18. The number of benzene rings is 1. The Morgan fingerprint density at radius 1 is 1.29 bits per heavy atom. The molecule has 17 heavy (non-hydrogen) atoms. The summed E-state index contributed by atoms with van der Waals surface area (Å²) in [6.07, 6.45) is 3.07. The van der Waals surface area contributed by atoms with Gasteiger partial charge in [0.1, 0.15) is 0 Å². The molecular weight excluding hydrogens is 210 g/mol. The highest BCUT2D eigenvalue weighted by Crippen LogP contribution is 2.21. The monoisotopic (exact) mass is 229 g/mol. The maximum atomic E-state index is 4.48. The number of hydrogen-bond donors (Lipinski definition) is 1. The first-order valence-electron chi connectivity index (χ1n) is 6.02. The highest BCUT2D eigenvalue weighted by molar-refractivity contribution is 5.34. The quantitative estimate of drug-likeness (QED) is 0.871. The molecule has 0 saturated heterocycles. The fraction of sp³-hybridized carbons (Fsp3) is 0.357. The second-order valence-corrected chi connectivity index (χ2v) is 4.33. The van der Waals surface area contributed by atoms with Gasteiger partial charge in [-0.1, -0.05) is 37.3 Å². The molecule has 0 spiro atoms. The molecule has 90 valence electrons. The molecule has 1 aromatic carbocycles. The molecular formula is C14H19N3. The second kappa shape index (κ2) is 5.04. The molecule has 0 radical (unpaired) electrons. The maximum absolute atomic E-state index is 4.48. The average molecular weight is 229 g/mol. The molecule has 1 unspecified atom stereocenters. The van der Waals surface area contributed by atoms with E-state index in [0.29, 0.717) is 6.04 Å². The number of nitrogens with zero attached hydrogens (tertiary/aromatic N) is 2. The van der Waals surface area contributed by atoms with E-state index in [9.17, 15) is 0 Å². The lowest BCUT2D eigenvalue weighted by Crippen LogP contribution is -2.12. The van der Waals surface area contributed by atoms with Crippen molar-refractivity contribution in [1.29, 1.82) is 0 Å². The van der Waals surface area contributed by atoms with Crippen LogP contribution in [0.15, 0.2) is 36.5 Å². The Morgan fingerprint density at radius 2 is 2.00 bits per heavy atom. The Labute approximate surface area is 103 Å². The van der Waals surface area contributed by atoms with Crippen LogP contribution < -0.4 is 5.32 Å². The minimum Gasteiger partial charge on any atom is -0.349 e. The van der Waals surface area contributed by atoms with Crippen molar-refractivity contribution in [3.63, 3.8) is 0 Å². The van der Waals surface area contributed by atoms with Gasteiger partial charge >= 0.3 is 0 Å². The van der Waals surface area contributed by atoms with E-state index in [1.54, 1.807) is 0 Å². The second-order valence-electron chi connectivity index (χ2n) is 4.33. The van der Waals surface area contributed by atoms with Gasteiger partial charge in [-0.2, -0.15) is 0 Å². The Morgan fingerprint density at radius 3 is 2.53 bits per heavy atom. The van der Waals surface area contributed by atoms with E-state index in [2.05, 4.69) is 41.5 Å². The summed E-state index contributed by atoms with van der Waals surface area (Å²) in [7, 11) is 2.01. The summed E-state index contributed by atoms with van der Waals surface area (Å²) in [4.78, 5) is 4.48. The van der Waals surface area contributed by atoms with E-state index in [4.69, 9.17) is 0 Å². The van der Waals surface area contributed by atoms with Crippen LogP contribution in [0, 0.1) is 6.92 Å². The van der Waals surface area contributed by atoms with Crippen molar-refractivity contribution in [2.75, 3.05) is 5.32 Å². The van der Waals surface area contributed by atoms with Crippen molar-refractivity contribution in [3.8, 4) is 0 Å². The number of rotatable bonds is 4. The van der Waals surface area contributed by atoms with Crippen LogP contribution in [0.5, 0.6) is 0 Å². The zero-order chi connectivity index (χ0) is 12.3. The van der Waals surface area contributed by atoms with Crippen molar-refractivity contribution in [3.05, 3.63) is 47.8 Å². The largest absolute Gasteiger partial charge is 0.349 e. The normalized spacial score (nSPS) is 12.4. The van der Waals surface area contributed by atoms with Crippen LogP contribution in [0.1, 0.15) is 30.6 Å².